The number of ether oxygens (including phenoxy) is 2. The summed E-state index contributed by atoms with van der Waals surface area (Å²) in [6.07, 6.45) is 2.66. The van der Waals surface area contributed by atoms with E-state index in [1.54, 1.807) is 35.0 Å². The van der Waals surface area contributed by atoms with Gasteiger partial charge in [0.1, 0.15) is 5.75 Å². The van der Waals surface area contributed by atoms with Crippen LogP contribution in [-0.2, 0) is 0 Å². The zero-order valence-corrected chi connectivity index (χ0v) is 16.2. The van der Waals surface area contributed by atoms with Crippen molar-refractivity contribution in [2.75, 3.05) is 6.61 Å². The van der Waals surface area contributed by atoms with Gasteiger partial charge >= 0.3 is 6.09 Å². The minimum Gasteiger partial charge on any atom is -0.478 e. The van der Waals surface area contributed by atoms with Crippen LogP contribution >= 0.6 is 11.6 Å². The van der Waals surface area contributed by atoms with E-state index in [2.05, 4.69) is 17.0 Å². The fourth-order valence-corrected chi connectivity index (χ4v) is 2.50. The summed E-state index contributed by atoms with van der Waals surface area (Å²) in [7, 11) is 0. The lowest BCUT2D eigenvalue weighted by molar-refractivity contribution is 0.210. The second kappa shape index (κ2) is 9.71. The lowest BCUT2D eigenvalue weighted by atomic mass is 10.3. The van der Waals surface area contributed by atoms with Crippen LogP contribution in [0.4, 0.5) is 4.79 Å². The third kappa shape index (κ3) is 5.44. The van der Waals surface area contributed by atoms with Gasteiger partial charge < -0.3 is 9.47 Å². The number of halogens is 1. The molecule has 0 aliphatic heterocycles. The molecule has 0 atom stereocenters. The number of unbranched alkanes of at least 4 members (excludes halogenated alkanes) is 1. The molecule has 0 saturated carbocycles. The molecule has 0 bridgehead atoms. The van der Waals surface area contributed by atoms with Crippen LogP contribution in [0.3, 0.4) is 0 Å². The van der Waals surface area contributed by atoms with Crippen LogP contribution in [0, 0.1) is 0 Å². The number of carbonyl (C=O) groups excluding carboxylic acids is 1. The SMILES string of the molecule is CCCCOc1cc(=NC(=O)Oc2ccc(Cl)cc2)cnn1-c1ccccc1. The molecule has 0 unspecified atom stereocenters. The maximum absolute atomic E-state index is 12.1. The summed E-state index contributed by atoms with van der Waals surface area (Å²) in [6, 6.07) is 17.7. The highest BCUT2D eigenvalue weighted by molar-refractivity contribution is 6.30. The zero-order valence-electron chi connectivity index (χ0n) is 15.4. The van der Waals surface area contributed by atoms with E-state index < -0.39 is 6.09 Å². The van der Waals surface area contributed by atoms with Crippen LogP contribution in [0.5, 0.6) is 11.6 Å². The first kappa shape index (κ1) is 19.6. The Bertz CT molecular complexity index is 986. The molecular weight excluding hydrogens is 378 g/mol. The average molecular weight is 398 g/mol. The van der Waals surface area contributed by atoms with E-state index in [1.165, 1.54) is 6.20 Å². The van der Waals surface area contributed by atoms with Gasteiger partial charge in [-0.15, -0.1) is 0 Å². The molecule has 1 heterocycles. The molecule has 0 spiro atoms. The maximum Gasteiger partial charge on any atom is 0.439 e. The van der Waals surface area contributed by atoms with Crippen molar-refractivity contribution in [3.63, 3.8) is 0 Å². The molecule has 0 saturated heterocycles. The van der Waals surface area contributed by atoms with Crippen molar-refractivity contribution in [3.05, 3.63) is 77.2 Å². The van der Waals surface area contributed by atoms with Gasteiger partial charge in [-0.1, -0.05) is 43.1 Å². The van der Waals surface area contributed by atoms with Crippen molar-refractivity contribution in [1.82, 2.24) is 9.78 Å². The van der Waals surface area contributed by atoms with Gasteiger partial charge in [0.15, 0.2) is 0 Å². The zero-order chi connectivity index (χ0) is 19.8. The van der Waals surface area contributed by atoms with Gasteiger partial charge in [0.05, 0.1) is 23.8 Å². The molecule has 6 nitrogen and oxygen atoms in total. The molecule has 0 aliphatic rings. The van der Waals surface area contributed by atoms with Crippen LogP contribution < -0.4 is 14.8 Å². The third-order valence-corrected chi connectivity index (χ3v) is 4.03. The number of para-hydroxylation sites is 1. The third-order valence-electron chi connectivity index (χ3n) is 3.77. The lowest BCUT2D eigenvalue weighted by Crippen LogP contribution is -2.16. The fraction of sp³-hybridized carbons (Fsp3) is 0.190. The molecule has 28 heavy (non-hydrogen) atoms. The van der Waals surface area contributed by atoms with Gasteiger partial charge in [-0.25, -0.2) is 9.48 Å². The van der Waals surface area contributed by atoms with E-state index in [1.807, 2.05) is 30.3 Å². The molecule has 1 aromatic heterocycles. The normalized spacial score (nSPS) is 11.3. The lowest BCUT2D eigenvalue weighted by Gasteiger charge is -2.13. The number of carbonyl (C=O) groups is 1. The number of aromatic nitrogens is 2. The van der Waals surface area contributed by atoms with Crippen molar-refractivity contribution in [2.45, 2.75) is 19.8 Å². The highest BCUT2D eigenvalue weighted by atomic mass is 35.5. The Hall–Kier alpha value is -3.12. The van der Waals surface area contributed by atoms with Gasteiger partial charge in [-0.3, -0.25) is 0 Å². The summed E-state index contributed by atoms with van der Waals surface area (Å²) < 4.78 is 12.7. The predicted octanol–water partition coefficient (Wildman–Crippen LogP) is 4.80. The average Bonchev–Trinajstić information content (AvgIpc) is 2.71. The van der Waals surface area contributed by atoms with Crippen molar-refractivity contribution in [3.8, 4) is 17.3 Å². The Balaban J connectivity index is 1.86. The van der Waals surface area contributed by atoms with Crippen LogP contribution in [0.2, 0.25) is 5.02 Å². The molecule has 0 fully saturated rings. The monoisotopic (exact) mass is 397 g/mol. The molecule has 7 heteroatoms. The second-order valence-electron chi connectivity index (χ2n) is 5.94. The summed E-state index contributed by atoms with van der Waals surface area (Å²) in [4.78, 5) is 16.0. The maximum atomic E-state index is 12.1. The number of nitrogens with zero attached hydrogens (tertiary/aromatic N) is 3. The van der Waals surface area contributed by atoms with Gasteiger partial charge in [0.2, 0.25) is 5.88 Å². The Labute approximate surface area is 168 Å². The Morgan fingerprint density at radius 1 is 1.14 bits per heavy atom. The van der Waals surface area contributed by atoms with Crippen LogP contribution in [0.15, 0.2) is 71.9 Å². The fourth-order valence-electron chi connectivity index (χ4n) is 2.38. The summed E-state index contributed by atoms with van der Waals surface area (Å²) in [5, 5.41) is 5.28. The van der Waals surface area contributed by atoms with Crippen molar-refractivity contribution < 1.29 is 14.3 Å². The van der Waals surface area contributed by atoms with Gasteiger partial charge in [0.25, 0.3) is 0 Å². The van der Waals surface area contributed by atoms with Crippen molar-refractivity contribution in [2.24, 2.45) is 4.99 Å². The molecule has 0 radical (unpaired) electrons. The topological polar surface area (TPSA) is 65.7 Å². The molecule has 144 valence electrons. The molecule has 3 rings (SSSR count). The number of amides is 1. The Morgan fingerprint density at radius 2 is 1.89 bits per heavy atom. The number of hydrogen-bond donors (Lipinski definition) is 0. The minimum atomic E-state index is -0.749. The van der Waals surface area contributed by atoms with Crippen LogP contribution in [-0.4, -0.2) is 22.5 Å². The van der Waals surface area contributed by atoms with Gasteiger partial charge in [-0.05, 0) is 42.8 Å². The smallest absolute Gasteiger partial charge is 0.439 e. The first-order chi connectivity index (χ1) is 13.7. The Morgan fingerprint density at radius 3 is 2.61 bits per heavy atom. The first-order valence-corrected chi connectivity index (χ1v) is 9.33. The quantitative estimate of drug-likeness (QED) is 0.560. The standard InChI is InChI=1S/C21H20ClN3O3/c1-2-3-13-27-20-14-17(15-23-25(20)18-7-5-4-6-8-18)24-21(26)28-19-11-9-16(22)10-12-19/h4-12,14-15H,2-3,13H2,1H3. The van der Waals surface area contributed by atoms with E-state index in [0.717, 1.165) is 18.5 Å². The number of hydrogen-bond acceptors (Lipinski definition) is 4. The highest BCUT2D eigenvalue weighted by Crippen LogP contribution is 2.16. The minimum absolute atomic E-state index is 0.345. The largest absolute Gasteiger partial charge is 0.478 e. The van der Waals surface area contributed by atoms with E-state index in [-0.39, 0.29) is 0 Å². The molecule has 3 aromatic rings. The highest BCUT2D eigenvalue weighted by Gasteiger charge is 2.07. The molecule has 2 aromatic carbocycles. The van der Waals surface area contributed by atoms with E-state index in [0.29, 0.717) is 28.6 Å². The summed E-state index contributed by atoms with van der Waals surface area (Å²) in [6.45, 7) is 2.63. The van der Waals surface area contributed by atoms with Crippen LogP contribution in [0.1, 0.15) is 19.8 Å². The molecular formula is C21H20ClN3O3. The van der Waals surface area contributed by atoms with E-state index >= 15 is 0 Å². The van der Waals surface area contributed by atoms with Crippen molar-refractivity contribution >= 4 is 17.7 Å². The van der Waals surface area contributed by atoms with Crippen LogP contribution in [0.25, 0.3) is 5.69 Å². The first-order valence-electron chi connectivity index (χ1n) is 8.95. The Kier molecular flexibility index (Phi) is 6.81. The molecule has 0 aliphatic carbocycles. The summed E-state index contributed by atoms with van der Waals surface area (Å²) in [5.41, 5.74) is 0.851. The molecule has 0 N–H and O–H groups in total. The summed E-state index contributed by atoms with van der Waals surface area (Å²) >= 11 is 5.82. The van der Waals surface area contributed by atoms with E-state index in [4.69, 9.17) is 21.1 Å². The van der Waals surface area contributed by atoms with Gasteiger partial charge in [0, 0.05) is 11.1 Å². The van der Waals surface area contributed by atoms with Gasteiger partial charge in [-0.2, -0.15) is 10.1 Å². The predicted molar refractivity (Wildman–Crippen MR) is 107 cm³/mol. The van der Waals surface area contributed by atoms with E-state index in [9.17, 15) is 4.79 Å². The molecule has 1 amide bonds. The number of benzene rings is 2. The second-order valence-corrected chi connectivity index (χ2v) is 6.37. The summed E-state index contributed by atoms with van der Waals surface area (Å²) in [5.74, 6) is 0.862. The number of rotatable bonds is 6. The van der Waals surface area contributed by atoms with Crippen molar-refractivity contribution in [1.29, 1.82) is 0 Å².